The topological polar surface area (TPSA) is 61.8 Å². The maximum Gasteiger partial charge on any atom is 0.183 e. The highest BCUT2D eigenvalue weighted by Crippen LogP contribution is 2.47. The number of benzene rings is 1. The normalized spacial score (nSPS) is 35.2. The van der Waals surface area contributed by atoms with E-state index in [0.717, 1.165) is 11.3 Å². The van der Waals surface area contributed by atoms with Crippen molar-refractivity contribution < 1.29 is 24.0 Å². The van der Waals surface area contributed by atoms with Crippen LogP contribution in [0.2, 0.25) is 0 Å². The quantitative estimate of drug-likeness (QED) is 0.823. The van der Waals surface area contributed by atoms with E-state index < -0.39 is 18.1 Å². The van der Waals surface area contributed by atoms with Gasteiger partial charge in [-0.05, 0) is 19.1 Å². The molecule has 1 aromatic rings. The highest BCUT2D eigenvalue weighted by molar-refractivity contribution is 6.08. The molecule has 0 unspecified atom stereocenters. The van der Waals surface area contributed by atoms with E-state index in [-0.39, 0.29) is 6.10 Å². The zero-order chi connectivity index (χ0) is 16.6. The summed E-state index contributed by atoms with van der Waals surface area (Å²) < 4.78 is 11.3. The zero-order valence-corrected chi connectivity index (χ0v) is 13.9. The number of hydrogen-bond donors (Lipinski definition) is 0. The molecule has 4 atom stereocenters. The fourth-order valence-electron chi connectivity index (χ4n) is 3.57. The molecule has 0 aliphatic carbocycles. The fraction of sp³-hybridized carbons (Fsp3) is 0.588. The molecule has 1 spiro atoms. The van der Waals surface area contributed by atoms with Gasteiger partial charge in [0, 0.05) is 31.6 Å². The summed E-state index contributed by atoms with van der Waals surface area (Å²) in [6.45, 7) is 4.99. The maximum atomic E-state index is 5.93. The van der Waals surface area contributed by atoms with Crippen LogP contribution in [0.4, 0.5) is 0 Å². The second kappa shape index (κ2) is 6.42. The van der Waals surface area contributed by atoms with Crippen LogP contribution >= 0.6 is 0 Å². The molecule has 0 bridgehead atoms. The molecule has 0 radical (unpaired) electrons. The van der Waals surface area contributed by atoms with Gasteiger partial charge in [-0.1, -0.05) is 35.5 Å². The van der Waals surface area contributed by atoms with Crippen LogP contribution in [-0.2, 0) is 24.0 Å². The first-order chi connectivity index (χ1) is 11.8. The molecule has 3 aliphatic rings. The molecule has 0 amide bonds. The Morgan fingerprint density at radius 2 is 1.83 bits per heavy atom. The van der Waals surface area contributed by atoms with Crippen molar-refractivity contribution in [1.82, 2.24) is 5.23 Å². The number of nitrogens with zero attached hydrogens (tertiary/aromatic N) is 2. The van der Waals surface area contributed by atoms with Crippen LogP contribution < -0.4 is 0 Å². The van der Waals surface area contributed by atoms with Crippen LogP contribution in [0.15, 0.2) is 35.5 Å². The predicted octanol–water partition coefficient (Wildman–Crippen LogP) is 2.23. The second-order valence-corrected chi connectivity index (χ2v) is 6.00. The van der Waals surface area contributed by atoms with E-state index in [4.69, 9.17) is 24.0 Å². The number of oxime groups is 1. The number of ether oxygens (including phenoxy) is 2. The molecule has 7 nitrogen and oxygen atoms in total. The van der Waals surface area contributed by atoms with Gasteiger partial charge in [-0.3, -0.25) is 0 Å². The standard InChI is InChI=1S/C17H22N2O5/c1-3-20-14-10-13-17(11-15(21-4-2)24-19(17)23-14)16(18-22-13)12-8-6-5-7-9-12/h5-9,13-15H,3-4,10-11H2,1-2H3/t13-,14-,15+,17+/m1/s1. The molecule has 130 valence electrons. The fourth-order valence-corrected chi connectivity index (χ4v) is 3.57. The van der Waals surface area contributed by atoms with Crippen molar-refractivity contribution >= 4 is 5.71 Å². The highest BCUT2D eigenvalue weighted by atomic mass is 17.0. The number of hydrogen-bond acceptors (Lipinski definition) is 7. The van der Waals surface area contributed by atoms with E-state index in [1.165, 1.54) is 5.23 Å². The SMILES string of the molecule is CCO[C@H]1C[C@H]2ON=C(c3ccccc3)[C@]23C[C@@H](OCC)ON3O1. The van der Waals surface area contributed by atoms with Crippen LogP contribution in [0.3, 0.4) is 0 Å². The maximum absolute atomic E-state index is 5.93. The Hall–Kier alpha value is -1.51. The van der Waals surface area contributed by atoms with Crippen molar-refractivity contribution in [1.29, 1.82) is 0 Å². The van der Waals surface area contributed by atoms with Crippen molar-refractivity contribution in [3.63, 3.8) is 0 Å². The van der Waals surface area contributed by atoms with E-state index in [2.05, 4.69) is 5.16 Å². The third-order valence-electron chi connectivity index (χ3n) is 4.60. The molecule has 0 saturated carbocycles. The molecule has 2 fully saturated rings. The smallest absolute Gasteiger partial charge is 0.183 e. The molecule has 3 heterocycles. The first-order valence-corrected chi connectivity index (χ1v) is 8.44. The largest absolute Gasteiger partial charge is 0.389 e. The molecule has 24 heavy (non-hydrogen) atoms. The Labute approximate surface area is 141 Å². The lowest BCUT2D eigenvalue weighted by molar-refractivity contribution is -0.465. The monoisotopic (exact) mass is 334 g/mol. The third kappa shape index (κ3) is 2.44. The van der Waals surface area contributed by atoms with Gasteiger partial charge in [-0.25, -0.2) is 9.68 Å². The summed E-state index contributed by atoms with van der Waals surface area (Å²) in [5.41, 5.74) is 1.18. The first kappa shape index (κ1) is 16.0. The minimum Gasteiger partial charge on any atom is -0.389 e. The molecule has 0 N–H and O–H groups in total. The Kier molecular flexibility index (Phi) is 4.28. The van der Waals surface area contributed by atoms with Crippen LogP contribution in [0.5, 0.6) is 0 Å². The van der Waals surface area contributed by atoms with Gasteiger partial charge in [0.1, 0.15) is 5.71 Å². The van der Waals surface area contributed by atoms with Crippen LogP contribution in [0, 0.1) is 0 Å². The van der Waals surface area contributed by atoms with Gasteiger partial charge >= 0.3 is 0 Å². The Morgan fingerprint density at radius 3 is 2.58 bits per heavy atom. The summed E-state index contributed by atoms with van der Waals surface area (Å²) in [6.07, 6.45) is 0.167. The Morgan fingerprint density at radius 1 is 1.12 bits per heavy atom. The van der Waals surface area contributed by atoms with Crippen LogP contribution in [0.1, 0.15) is 32.3 Å². The van der Waals surface area contributed by atoms with E-state index in [9.17, 15) is 0 Å². The molecular formula is C17H22N2O5. The summed E-state index contributed by atoms with van der Waals surface area (Å²) in [5, 5.41) is 5.88. The lowest BCUT2D eigenvalue weighted by Gasteiger charge is -2.41. The van der Waals surface area contributed by atoms with Gasteiger partial charge in [0.25, 0.3) is 0 Å². The molecule has 4 rings (SSSR count). The van der Waals surface area contributed by atoms with Gasteiger partial charge in [0.15, 0.2) is 24.2 Å². The van der Waals surface area contributed by atoms with Crippen LogP contribution in [-0.4, -0.2) is 48.4 Å². The van der Waals surface area contributed by atoms with Crippen molar-refractivity contribution in [3.05, 3.63) is 35.9 Å². The average molecular weight is 334 g/mol. The van der Waals surface area contributed by atoms with Crippen molar-refractivity contribution in [2.45, 2.75) is 50.9 Å². The summed E-state index contributed by atoms with van der Waals surface area (Å²) >= 11 is 0. The van der Waals surface area contributed by atoms with Gasteiger partial charge in [-0.2, -0.15) is 0 Å². The molecule has 1 aromatic carbocycles. The van der Waals surface area contributed by atoms with Gasteiger partial charge < -0.3 is 14.3 Å². The minimum absolute atomic E-state index is 0.205. The predicted molar refractivity (Wildman–Crippen MR) is 84.7 cm³/mol. The van der Waals surface area contributed by atoms with Crippen molar-refractivity contribution in [3.8, 4) is 0 Å². The zero-order valence-electron chi connectivity index (χ0n) is 13.9. The lowest BCUT2D eigenvalue weighted by atomic mass is 9.80. The first-order valence-electron chi connectivity index (χ1n) is 8.44. The molecule has 0 aromatic heterocycles. The van der Waals surface area contributed by atoms with Crippen molar-refractivity contribution in [2.75, 3.05) is 13.2 Å². The summed E-state index contributed by atoms with van der Waals surface area (Å²) in [5.74, 6) is 0. The summed E-state index contributed by atoms with van der Waals surface area (Å²) in [6, 6.07) is 9.97. The lowest BCUT2D eigenvalue weighted by Crippen LogP contribution is -2.61. The van der Waals surface area contributed by atoms with Gasteiger partial charge in [-0.15, -0.1) is 0 Å². The van der Waals surface area contributed by atoms with E-state index in [1.807, 2.05) is 44.2 Å². The third-order valence-corrected chi connectivity index (χ3v) is 4.60. The van der Waals surface area contributed by atoms with Crippen molar-refractivity contribution in [2.24, 2.45) is 5.16 Å². The van der Waals surface area contributed by atoms with Crippen LogP contribution in [0.25, 0.3) is 0 Å². The van der Waals surface area contributed by atoms with Gasteiger partial charge in [0.05, 0.1) is 0 Å². The van der Waals surface area contributed by atoms with E-state index in [1.54, 1.807) is 0 Å². The van der Waals surface area contributed by atoms with E-state index >= 15 is 0 Å². The molecule has 3 aliphatic heterocycles. The summed E-state index contributed by atoms with van der Waals surface area (Å²) in [4.78, 5) is 17.6. The average Bonchev–Trinajstić information content (AvgIpc) is 3.13. The Bertz CT molecular complexity index is 610. The molecule has 7 heteroatoms. The molecule has 2 saturated heterocycles. The highest BCUT2D eigenvalue weighted by Gasteiger charge is 2.65. The van der Waals surface area contributed by atoms with E-state index in [0.29, 0.717) is 26.1 Å². The second-order valence-electron chi connectivity index (χ2n) is 6.00. The molecular weight excluding hydrogens is 312 g/mol. The summed E-state index contributed by atoms with van der Waals surface area (Å²) in [7, 11) is 0. The van der Waals surface area contributed by atoms with Gasteiger partial charge in [0.2, 0.25) is 0 Å². The number of hydroxylamine groups is 2. The minimum atomic E-state index is -0.616. The Balaban J connectivity index is 1.68. The number of rotatable bonds is 5.